The molecule has 1 aromatic rings. The van der Waals surface area contributed by atoms with Crippen molar-refractivity contribution in [3.05, 3.63) is 35.4 Å². The van der Waals surface area contributed by atoms with Gasteiger partial charge in [-0.25, -0.2) is 0 Å². The van der Waals surface area contributed by atoms with Crippen LogP contribution in [-0.4, -0.2) is 17.7 Å². The number of hydrogen-bond acceptors (Lipinski definition) is 2. The van der Waals surface area contributed by atoms with Gasteiger partial charge < -0.3 is 9.53 Å². The Balaban J connectivity index is 2.36. The van der Waals surface area contributed by atoms with Crippen molar-refractivity contribution in [3.8, 4) is 0 Å². The van der Waals surface area contributed by atoms with Crippen molar-refractivity contribution < 1.29 is 9.53 Å². The van der Waals surface area contributed by atoms with Crippen molar-refractivity contribution in [2.24, 2.45) is 0 Å². The quantitative estimate of drug-likeness (QED) is 0.436. The minimum absolute atomic E-state index is 0.0931. The van der Waals surface area contributed by atoms with Crippen LogP contribution in [0.2, 0.25) is 0 Å². The molecule has 0 amide bonds. The van der Waals surface area contributed by atoms with E-state index in [9.17, 15) is 4.79 Å². The minimum atomic E-state index is -0.0931. The standard InChI is InChI=1S/C14H19BrO2/c1-11(2)13-5-3-4-12(8-13)10-17-7-6-14(15)9-16/h3-5,8-9,11,14H,6-7,10H2,1-2H3. The first-order valence-electron chi connectivity index (χ1n) is 5.89. The zero-order chi connectivity index (χ0) is 12.7. The van der Waals surface area contributed by atoms with Crippen molar-refractivity contribution in [3.63, 3.8) is 0 Å². The van der Waals surface area contributed by atoms with E-state index in [4.69, 9.17) is 4.74 Å². The van der Waals surface area contributed by atoms with Crippen LogP contribution >= 0.6 is 15.9 Å². The van der Waals surface area contributed by atoms with Crippen LogP contribution in [0.4, 0.5) is 0 Å². The van der Waals surface area contributed by atoms with Gasteiger partial charge in [0, 0.05) is 6.61 Å². The van der Waals surface area contributed by atoms with E-state index >= 15 is 0 Å². The molecule has 0 aliphatic carbocycles. The predicted octanol–water partition coefficient (Wildman–Crippen LogP) is 3.68. The average Bonchev–Trinajstić information content (AvgIpc) is 2.34. The molecular weight excluding hydrogens is 280 g/mol. The Bertz CT molecular complexity index is 350. The minimum Gasteiger partial charge on any atom is -0.377 e. The SMILES string of the molecule is CC(C)c1cccc(COCCC(Br)C=O)c1. The highest BCUT2D eigenvalue weighted by atomic mass is 79.9. The molecule has 3 heteroatoms. The predicted molar refractivity (Wildman–Crippen MR) is 73.6 cm³/mol. The van der Waals surface area contributed by atoms with Gasteiger partial charge in [0.05, 0.1) is 11.4 Å². The fraction of sp³-hybridized carbons (Fsp3) is 0.500. The number of alkyl halides is 1. The molecular formula is C14H19BrO2. The highest BCUT2D eigenvalue weighted by Crippen LogP contribution is 2.16. The Morgan fingerprint density at radius 3 is 2.82 bits per heavy atom. The first-order valence-corrected chi connectivity index (χ1v) is 6.81. The van der Waals surface area contributed by atoms with Gasteiger partial charge in [-0.15, -0.1) is 0 Å². The maximum atomic E-state index is 10.4. The maximum Gasteiger partial charge on any atom is 0.133 e. The van der Waals surface area contributed by atoms with Crippen LogP contribution in [0.25, 0.3) is 0 Å². The third-order valence-corrected chi connectivity index (χ3v) is 3.25. The lowest BCUT2D eigenvalue weighted by Gasteiger charge is -2.09. The summed E-state index contributed by atoms with van der Waals surface area (Å²) in [6.07, 6.45) is 1.61. The van der Waals surface area contributed by atoms with Gasteiger partial charge >= 0.3 is 0 Å². The van der Waals surface area contributed by atoms with Gasteiger partial charge in [-0.3, -0.25) is 0 Å². The molecule has 17 heavy (non-hydrogen) atoms. The Morgan fingerprint density at radius 2 is 2.18 bits per heavy atom. The molecule has 0 bridgehead atoms. The van der Waals surface area contributed by atoms with E-state index in [0.717, 1.165) is 6.29 Å². The number of benzene rings is 1. The van der Waals surface area contributed by atoms with E-state index in [-0.39, 0.29) is 4.83 Å². The monoisotopic (exact) mass is 298 g/mol. The molecule has 0 heterocycles. The topological polar surface area (TPSA) is 26.3 Å². The fourth-order valence-corrected chi connectivity index (χ4v) is 1.68. The third-order valence-electron chi connectivity index (χ3n) is 2.57. The molecule has 0 saturated heterocycles. The second-order valence-electron chi connectivity index (χ2n) is 4.39. The van der Waals surface area contributed by atoms with Crippen molar-refractivity contribution in [2.45, 2.75) is 37.6 Å². The maximum absolute atomic E-state index is 10.4. The molecule has 0 aliphatic heterocycles. The second-order valence-corrected chi connectivity index (χ2v) is 5.57. The van der Waals surface area contributed by atoms with Gasteiger partial charge in [-0.05, 0) is 23.5 Å². The van der Waals surface area contributed by atoms with Gasteiger partial charge in [0.25, 0.3) is 0 Å². The lowest BCUT2D eigenvalue weighted by molar-refractivity contribution is -0.107. The van der Waals surface area contributed by atoms with E-state index in [1.54, 1.807) is 0 Å². The number of hydrogen-bond donors (Lipinski definition) is 0. The molecule has 0 fully saturated rings. The van der Waals surface area contributed by atoms with Crippen LogP contribution in [-0.2, 0) is 16.1 Å². The molecule has 1 rings (SSSR count). The highest BCUT2D eigenvalue weighted by molar-refractivity contribution is 9.09. The smallest absolute Gasteiger partial charge is 0.133 e. The summed E-state index contributed by atoms with van der Waals surface area (Å²) in [5.74, 6) is 0.539. The van der Waals surface area contributed by atoms with E-state index in [1.165, 1.54) is 11.1 Å². The van der Waals surface area contributed by atoms with Crippen molar-refractivity contribution in [2.75, 3.05) is 6.61 Å². The Labute approximate surface area is 111 Å². The molecule has 0 aliphatic rings. The molecule has 1 aromatic carbocycles. The summed E-state index contributed by atoms with van der Waals surface area (Å²) in [5, 5.41) is 0. The fourth-order valence-electron chi connectivity index (χ4n) is 1.50. The van der Waals surface area contributed by atoms with Crippen LogP contribution in [0.3, 0.4) is 0 Å². The van der Waals surface area contributed by atoms with Crippen molar-refractivity contribution >= 4 is 22.2 Å². The normalized spacial score (nSPS) is 12.7. The zero-order valence-corrected chi connectivity index (χ0v) is 11.9. The third kappa shape index (κ3) is 5.46. The van der Waals surface area contributed by atoms with E-state index in [1.807, 2.05) is 0 Å². The summed E-state index contributed by atoms with van der Waals surface area (Å²) in [6, 6.07) is 8.44. The van der Waals surface area contributed by atoms with Gasteiger partial charge in [-0.2, -0.15) is 0 Å². The average molecular weight is 299 g/mol. The Hall–Kier alpha value is -0.670. The lowest BCUT2D eigenvalue weighted by Crippen LogP contribution is -2.05. The summed E-state index contributed by atoms with van der Waals surface area (Å²) < 4.78 is 5.54. The van der Waals surface area contributed by atoms with Crippen LogP contribution in [0, 0.1) is 0 Å². The lowest BCUT2D eigenvalue weighted by atomic mass is 10.0. The molecule has 1 unspecified atom stereocenters. The van der Waals surface area contributed by atoms with E-state index in [0.29, 0.717) is 25.6 Å². The number of carbonyl (C=O) groups is 1. The number of aldehydes is 1. The number of rotatable bonds is 7. The van der Waals surface area contributed by atoms with Gasteiger partial charge in [0.1, 0.15) is 6.29 Å². The molecule has 1 atom stereocenters. The molecule has 0 N–H and O–H groups in total. The molecule has 0 aromatic heterocycles. The van der Waals surface area contributed by atoms with E-state index < -0.39 is 0 Å². The van der Waals surface area contributed by atoms with Gasteiger partial charge in [0.2, 0.25) is 0 Å². The summed E-state index contributed by atoms with van der Waals surface area (Å²) in [4.78, 5) is 10.3. The molecule has 94 valence electrons. The van der Waals surface area contributed by atoms with Crippen molar-refractivity contribution in [1.29, 1.82) is 0 Å². The Kier molecular flexibility index (Phi) is 6.45. The largest absolute Gasteiger partial charge is 0.377 e. The Morgan fingerprint density at radius 1 is 1.41 bits per heavy atom. The van der Waals surface area contributed by atoms with Gasteiger partial charge in [-0.1, -0.05) is 54.0 Å². The van der Waals surface area contributed by atoms with Crippen molar-refractivity contribution in [1.82, 2.24) is 0 Å². The molecule has 0 saturated carbocycles. The number of carbonyl (C=O) groups excluding carboxylic acids is 1. The summed E-state index contributed by atoms with van der Waals surface area (Å²) >= 11 is 3.25. The summed E-state index contributed by atoms with van der Waals surface area (Å²) in [7, 11) is 0. The molecule has 2 nitrogen and oxygen atoms in total. The summed E-state index contributed by atoms with van der Waals surface area (Å²) in [6.45, 7) is 5.57. The highest BCUT2D eigenvalue weighted by Gasteiger charge is 2.02. The van der Waals surface area contributed by atoms with E-state index in [2.05, 4.69) is 54.0 Å². The van der Waals surface area contributed by atoms with Crippen LogP contribution in [0.1, 0.15) is 37.3 Å². The number of ether oxygens (including phenoxy) is 1. The van der Waals surface area contributed by atoms with Crippen LogP contribution in [0.5, 0.6) is 0 Å². The van der Waals surface area contributed by atoms with Crippen LogP contribution < -0.4 is 0 Å². The number of halogens is 1. The summed E-state index contributed by atoms with van der Waals surface area (Å²) in [5.41, 5.74) is 2.52. The molecule has 0 spiro atoms. The first-order chi connectivity index (χ1) is 8.13. The second kappa shape index (κ2) is 7.62. The van der Waals surface area contributed by atoms with Crippen LogP contribution in [0.15, 0.2) is 24.3 Å². The van der Waals surface area contributed by atoms with Gasteiger partial charge in [0.15, 0.2) is 0 Å². The molecule has 0 radical (unpaired) electrons. The zero-order valence-electron chi connectivity index (χ0n) is 10.4. The first kappa shape index (κ1) is 14.4.